The molecule has 0 atom stereocenters. The summed E-state index contributed by atoms with van der Waals surface area (Å²) in [6.07, 6.45) is 3.83. The molecule has 3 aliphatic carbocycles. The monoisotopic (exact) mass is 340 g/mol. The molecule has 3 saturated carbocycles. The van der Waals surface area contributed by atoms with Crippen molar-refractivity contribution in [2.75, 3.05) is 0 Å². The maximum Gasteiger partial charge on any atom is 0.314 e. The second-order valence-electron chi connectivity index (χ2n) is 7.41. The summed E-state index contributed by atoms with van der Waals surface area (Å²) in [5.41, 5.74) is 0.866. The van der Waals surface area contributed by atoms with Gasteiger partial charge in [0.25, 0.3) is 0 Å². The second kappa shape index (κ2) is 6.21. The Morgan fingerprint density at radius 1 is 0.840 bits per heavy atom. The van der Waals surface area contributed by atoms with Gasteiger partial charge in [-0.2, -0.15) is 0 Å². The van der Waals surface area contributed by atoms with Crippen LogP contribution in [0.3, 0.4) is 0 Å². The lowest BCUT2D eigenvalue weighted by molar-refractivity contribution is -0.143. The van der Waals surface area contributed by atoms with Gasteiger partial charge in [-0.3, -0.25) is 19.2 Å². The number of esters is 1. The van der Waals surface area contributed by atoms with Crippen LogP contribution in [0.2, 0.25) is 0 Å². The van der Waals surface area contributed by atoms with Crippen LogP contribution in [0.4, 0.5) is 0 Å². The van der Waals surface area contributed by atoms with Gasteiger partial charge in [-0.1, -0.05) is 12.1 Å². The van der Waals surface area contributed by atoms with E-state index in [0.717, 1.165) is 31.2 Å². The topological polar surface area (TPSA) is 77.5 Å². The first-order chi connectivity index (χ1) is 12.0. The lowest BCUT2D eigenvalue weighted by Crippen LogP contribution is -2.38. The molecule has 1 aromatic carbocycles. The average molecular weight is 340 g/mol. The minimum Gasteiger partial charge on any atom is -0.426 e. The molecule has 0 heterocycles. The Bertz CT molecular complexity index is 722. The van der Waals surface area contributed by atoms with Crippen LogP contribution < -0.4 is 4.74 Å². The number of rotatable bonds is 5. The van der Waals surface area contributed by atoms with E-state index in [-0.39, 0.29) is 53.9 Å². The van der Waals surface area contributed by atoms with E-state index in [1.165, 1.54) is 0 Å². The Balaban J connectivity index is 1.42. The van der Waals surface area contributed by atoms with Gasteiger partial charge in [-0.15, -0.1) is 0 Å². The van der Waals surface area contributed by atoms with Crippen molar-refractivity contribution in [2.24, 2.45) is 17.8 Å². The number of Topliss-reactive ketones (excluding diaryl/α,β-unsaturated/α-hetero) is 3. The van der Waals surface area contributed by atoms with E-state index in [2.05, 4.69) is 0 Å². The second-order valence-corrected chi connectivity index (χ2v) is 7.41. The lowest BCUT2D eigenvalue weighted by atomic mass is 9.74. The number of carbonyl (C=O) groups excluding carboxylic acids is 4. The first kappa shape index (κ1) is 16.2. The number of hydrogen-bond acceptors (Lipinski definition) is 5. The van der Waals surface area contributed by atoms with E-state index < -0.39 is 5.92 Å². The van der Waals surface area contributed by atoms with Crippen LogP contribution in [0.25, 0.3) is 0 Å². The molecule has 3 aliphatic rings. The fourth-order valence-electron chi connectivity index (χ4n) is 3.46. The van der Waals surface area contributed by atoms with E-state index in [1.54, 1.807) is 24.3 Å². The van der Waals surface area contributed by atoms with Crippen molar-refractivity contribution >= 4 is 23.3 Å². The number of ketones is 3. The molecule has 0 N–H and O–H groups in total. The summed E-state index contributed by atoms with van der Waals surface area (Å²) in [6, 6.07) is 6.99. The Labute approximate surface area is 145 Å². The molecule has 0 bridgehead atoms. The fourth-order valence-corrected chi connectivity index (χ4v) is 3.46. The highest BCUT2D eigenvalue weighted by atomic mass is 16.5. The van der Waals surface area contributed by atoms with Crippen molar-refractivity contribution in [1.82, 2.24) is 0 Å². The maximum absolute atomic E-state index is 12.3. The predicted octanol–water partition coefficient (Wildman–Crippen LogP) is 2.61. The third kappa shape index (κ3) is 3.41. The van der Waals surface area contributed by atoms with Crippen molar-refractivity contribution in [3.8, 4) is 5.75 Å². The van der Waals surface area contributed by atoms with Crippen LogP contribution in [0, 0.1) is 17.8 Å². The lowest BCUT2D eigenvalue weighted by Gasteiger charge is -2.26. The number of hydrogen-bond donors (Lipinski definition) is 0. The molecule has 5 heteroatoms. The van der Waals surface area contributed by atoms with Crippen LogP contribution in [-0.2, 0) is 19.2 Å². The quantitative estimate of drug-likeness (QED) is 0.468. The van der Waals surface area contributed by atoms with E-state index in [1.807, 2.05) is 0 Å². The SMILES string of the molecule is O=C(Oc1ccc(C2CC(=O)C(C(=O)C3CC3)C(=O)C2)cc1)C1CC1. The van der Waals surface area contributed by atoms with E-state index in [9.17, 15) is 19.2 Å². The standard InChI is InChI=1S/C20H20O5/c21-16-9-14(10-17(22)18(16)19(23)12-1-2-12)11-5-7-15(8-6-11)25-20(24)13-3-4-13/h5-8,12-14,18H,1-4,9-10H2. The van der Waals surface area contributed by atoms with Crippen molar-refractivity contribution in [3.05, 3.63) is 29.8 Å². The van der Waals surface area contributed by atoms with Gasteiger partial charge in [0.15, 0.2) is 17.3 Å². The molecule has 4 rings (SSSR count). The zero-order chi connectivity index (χ0) is 17.6. The Hall–Kier alpha value is -2.30. The first-order valence-electron chi connectivity index (χ1n) is 8.93. The van der Waals surface area contributed by atoms with Crippen LogP contribution in [0.15, 0.2) is 24.3 Å². The van der Waals surface area contributed by atoms with Crippen molar-refractivity contribution in [3.63, 3.8) is 0 Å². The van der Waals surface area contributed by atoms with Crippen LogP contribution >= 0.6 is 0 Å². The third-order valence-electron chi connectivity index (χ3n) is 5.28. The molecule has 5 nitrogen and oxygen atoms in total. The summed E-state index contributed by atoms with van der Waals surface area (Å²) >= 11 is 0. The Morgan fingerprint density at radius 2 is 1.40 bits per heavy atom. The van der Waals surface area contributed by atoms with Gasteiger partial charge < -0.3 is 4.74 Å². The number of ether oxygens (including phenoxy) is 1. The molecule has 0 aliphatic heterocycles. The van der Waals surface area contributed by atoms with Gasteiger partial charge in [-0.05, 0) is 49.3 Å². The zero-order valence-electron chi connectivity index (χ0n) is 13.9. The van der Waals surface area contributed by atoms with Crippen LogP contribution in [0.1, 0.15) is 50.0 Å². The Kier molecular flexibility index (Phi) is 4.02. The summed E-state index contributed by atoms with van der Waals surface area (Å²) in [5, 5.41) is 0. The summed E-state index contributed by atoms with van der Waals surface area (Å²) in [4.78, 5) is 48.5. The van der Waals surface area contributed by atoms with E-state index in [0.29, 0.717) is 5.75 Å². The minimum atomic E-state index is -1.03. The van der Waals surface area contributed by atoms with Gasteiger partial charge in [-0.25, -0.2) is 0 Å². The average Bonchev–Trinajstić information content (AvgIpc) is 3.48. The van der Waals surface area contributed by atoms with E-state index >= 15 is 0 Å². The Morgan fingerprint density at radius 3 is 1.92 bits per heavy atom. The fraction of sp³-hybridized carbons (Fsp3) is 0.500. The largest absolute Gasteiger partial charge is 0.426 e. The molecule has 0 radical (unpaired) electrons. The molecular weight excluding hydrogens is 320 g/mol. The first-order valence-corrected chi connectivity index (χ1v) is 8.93. The van der Waals surface area contributed by atoms with Gasteiger partial charge in [0.1, 0.15) is 11.7 Å². The predicted molar refractivity (Wildman–Crippen MR) is 88.0 cm³/mol. The summed E-state index contributed by atoms with van der Waals surface area (Å²) in [5.74, 6) is -1.64. The molecule has 130 valence electrons. The molecule has 1 aromatic rings. The van der Waals surface area contributed by atoms with Gasteiger partial charge in [0.2, 0.25) is 0 Å². The maximum atomic E-state index is 12.3. The van der Waals surface area contributed by atoms with Crippen molar-refractivity contribution in [2.45, 2.75) is 44.4 Å². The molecule has 3 fully saturated rings. The molecule has 0 saturated heterocycles. The van der Waals surface area contributed by atoms with Gasteiger partial charge in [0.05, 0.1) is 5.92 Å². The molecule has 0 spiro atoms. The minimum absolute atomic E-state index is 0.0363. The highest BCUT2D eigenvalue weighted by molar-refractivity contribution is 6.21. The third-order valence-corrected chi connectivity index (χ3v) is 5.28. The highest BCUT2D eigenvalue weighted by Gasteiger charge is 2.45. The number of benzene rings is 1. The molecule has 0 amide bonds. The van der Waals surface area contributed by atoms with Crippen molar-refractivity contribution in [1.29, 1.82) is 0 Å². The number of carbonyl (C=O) groups is 4. The highest BCUT2D eigenvalue weighted by Crippen LogP contribution is 2.38. The molecular formula is C20H20O5. The zero-order valence-corrected chi connectivity index (χ0v) is 13.9. The summed E-state index contributed by atoms with van der Waals surface area (Å²) < 4.78 is 5.29. The smallest absolute Gasteiger partial charge is 0.314 e. The van der Waals surface area contributed by atoms with E-state index in [4.69, 9.17) is 4.74 Å². The summed E-state index contributed by atoms with van der Waals surface area (Å²) in [7, 11) is 0. The molecule has 0 aromatic heterocycles. The summed E-state index contributed by atoms with van der Waals surface area (Å²) in [6.45, 7) is 0. The van der Waals surface area contributed by atoms with Crippen LogP contribution in [0.5, 0.6) is 5.75 Å². The van der Waals surface area contributed by atoms with Gasteiger partial charge in [0, 0.05) is 18.8 Å². The van der Waals surface area contributed by atoms with Gasteiger partial charge >= 0.3 is 5.97 Å². The van der Waals surface area contributed by atoms with Crippen LogP contribution in [-0.4, -0.2) is 23.3 Å². The normalized spacial score (nSPS) is 26.4. The molecule has 25 heavy (non-hydrogen) atoms. The molecule has 0 unspecified atom stereocenters. The van der Waals surface area contributed by atoms with Crippen molar-refractivity contribution < 1.29 is 23.9 Å².